The van der Waals surface area contributed by atoms with Gasteiger partial charge in [0.2, 0.25) is 0 Å². The Labute approximate surface area is 151 Å². The Morgan fingerprint density at radius 2 is 1.88 bits per heavy atom. The molecule has 2 aromatic heterocycles. The van der Waals surface area contributed by atoms with E-state index in [4.69, 9.17) is 0 Å². The van der Waals surface area contributed by atoms with Crippen molar-refractivity contribution in [3.8, 4) is 5.69 Å². The van der Waals surface area contributed by atoms with Gasteiger partial charge >= 0.3 is 0 Å². The molecule has 1 aliphatic carbocycles. The molecule has 2 heterocycles. The SMILES string of the molecule is Cc1cc(C(=O)NN=C2CCCC2)c2c(C)nn(-c3ccccc3)c2n1. The maximum absolute atomic E-state index is 12.8. The average molecular weight is 347 g/mol. The van der Waals surface area contributed by atoms with Crippen molar-refractivity contribution in [2.24, 2.45) is 5.10 Å². The van der Waals surface area contributed by atoms with E-state index in [1.807, 2.05) is 44.2 Å². The third-order valence-corrected chi connectivity index (χ3v) is 4.68. The first-order chi connectivity index (χ1) is 12.6. The van der Waals surface area contributed by atoms with Gasteiger partial charge in [0.25, 0.3) is 5.91 Å². The molecule has 1 aromatic carbocycles. The Balaban J connectivity index is 1.79. The Kier molecular flexibility index (Phi) is 4.24. The molecule has 0 aliphatic heterocycles. The summed E-state index contributed by atoms with van der Waals surface area (Å²) in [7, 11) is 0. The van der Waals surface area contributed by atoms with Gasteiger partial charge in [-0.15, -0.1) is 0 Å². The molecule has 132 valence electrons. The van der Waals surface area contributed by atoms with Crippen molar-refractivity contribution < 1.29 is 4.79 Å². The number of nitrogens with one attached hydrogen (secondary N) is 1. The van der Waals surface area contributed by atoms with Crippen LogP contribution in [0.5, 0.6) is 0 Å². The molecule has 6 heteroatoms. The number of benzene rings is 1. The van der Waals surface area contributed by atoms with Gasteiger partial charge < -0.3 is 0 Å². The zero-order valence-electron chi connectivity index (χ0n) is 15.0. The second-order valence-corrected chi connectivity index (χ2v) is 6.67. The highest BCUT2D eigenvalue weighted by Gasteiger charge is 2.19. The molecule has 0 atom stereocenters. The summed E-state index contributed by atoms with van der Waals surface area (Å²) in [6.45, 7) is 3.79. The number of rotatable bonds is 3. The van der Waals surface area contributed by atoms with Crippen molar-refractivity contribution in [2.45, 2.75) is 39.5 Å². The normalized spacial score (nSPS) is 14.0. The molecule has 1 amide bonds. The van der Waals surface area contributed by atoms with Crippen LogP contribution in [0.15, 0.2) is 41.5 Å². The van der Waals surface area contributed by atoms with E-state index in [0.29, 0.717) is 11.2 Å². The third-order valence-electron chi connectivity index (χ3n) is 4.68. The minimum Gasteiger partial charge on any atom is -0.267 e. The Morgan fingerprint density at radius 3 is 2.62 bits per heavy atom. The van der Waals surface area contributed by atoms with Crippen molar-refractivity contribution in [1.29, 1.82) is 0 Å². The van der Waals surface area contributed by atoms with Crippen molar-refractivity contribution in [3.63, 3.8) is 0 Å². The summed E-state index contributed by atoms with van der Waals surface area (Å²) in [4.78, 5) is 17.4. The molecule has 0 unspecified atom stereocenters. The van der Waals surface area contributed by atoms with E-state index >= 15 is 0 Å². The van der Waals surface area contributed by atoms with Gasteiger partial charge in [-0.2, -0.15) is 10.2 Å². The Hall–Kier alpha value is -3.02. The quantitative estimate of drug-likeness (QED) is 0.734. The zero-order valence-corrected chi connectivity index (χ0v) is 15.0. The number of carbonyl (C=O) groups is 1. The number of hydrogen-bond donors (Lipinski definition) is 1. The summed E-state index contributed by atoms with van der Waals surface area (Å²) in [5.74, 6) is -0.212. The molecule has 0 spiro atoms. The lowest BCUT2D eigenvalue weighted by Gasteiger charge is -2.06. The number of aromatic nitrogens is 3. The molecular formula is C20H21N5O. The zero-order chi connectivity index (χ0) is 18.1. The summed E-state index contributed by atoms with van der Waals surface area (Å²) in [5.41, 5.74) is 7.50. The van der Waals surface area contributed by atoms with Crippen LogP contribution in [0.3, 0.4) is 0 Å². The van der Waals surface area contributed by atoms with Gasteiger partial charge in [-0.3, -0.25) is 4.79 Å². The fourth-order valence-electron chi connectivity index (χ4n) is 3.43. The number of carbonyl (C=O) groups excluding carboxylic acids is 1. The number of hydrazone groups is 1. The van der Waals surface area contributed by atoms with E-state index in [-0.39, 0.29) is 5.91 Å². The predicted molar refractivity (Wildman–Crippen MR) is 102 cm³/mol. The molecule has 26 heavy (non-hydrogen) atoms. The molecule has 4 rings (SSSR count). The van der Waals surface area contributed by atoms with Crippen molar-refractivity contribution in [2.75, 3.05) is 0 Å². The number of amides is 1. The van der Waals surface area contributed by atoms with Gasteiger partial charge in [-0.05, 0) is 57.7 Å². The van der Waals surface area contributed by atoms with E-state index in [1.165, 1.54) is 0 Å². The molecule has 0 saturated heterocycles. The van der Waals surface area contributed by atoms with Gasteiger partial charge in [0.15, 0.2) is 5.65 Å². The molecule has 1 fully saturated rings. The highest BCUT2D eigenvalue weighted by molar-refractivity contribution is 6.07. The first-order valence-electron chi connectivity index (χ1n) is 8.91. The molecule has 1 aliphatic rings. The lowest BCUT2D eigenvalue weighted by Crippen LogP contribution is -2.20. The van der Waals surface area contributed by atoms with E-state index in [1.54, 1.807) is 10.7 Å². The summed E-state index contributed by atoms with van der Waals surface area (Å²) in [6.07, 6.45) is 4.23. The smallest absolute Gasteiger partial charge is 0.267 e. The minimum atomic E-state index is -0.212. The second kappa shape index (κ2) is 6.71. The number of aryl methyl sites for hydroxylation is 2. The fourth-order valence-corrected chi connectivity index (χ4v) is 3.43. The van der Waals surface area contributed by atoms with Crippen LogP contribution in [0.1, 0.15) is 47.4 Å². The first kappa shape index (κ1) is 16.4. The Bertz CT molecular complexity index is 996. The van der Waals surface area contributed by atoms with Crippen LogP contribution in [0.4, 0.5) is 0 Å². The van der Waals surface area contributed by atoms with Gasteiger partial charge in [0.05, 0.1) is 22.3 Å². The van der Waals surface area contributed by atoms with Crippen LogP contribution in [0, 0.1) is 13.8 Å². The maximum Gasteiger partial charge on any atom is 0.272 e. The predicted octanol–water partition coefficient (Wildman–Crippen LogP) is 3.70. The van der Waals surface area contributed by atoms with Crippen molar-refractivity contribution in [3.05, 3.63) is 53.3 Å². The van der Waals surface area contributed by atoms with E-state index in [9.17, 15) is 4.79 Å². The summed E-state index contributed by atoms with van der Waals surface area (Å²) in [5, 5.41) is 9.69. The fraction of sp³-hybridized carbons (Fsp3) is 0.300. The van der Waals surface area contributed by atoms with Crippen LogP contribution in [0.2, 0.25) is 0 Å². The largest absolute Gasteiger partial charge is 0.272 e. The summed E-state index contributed by atoms with van der Waals surface area (Å²) < 4.78 is 1.79. The number of hydrogen-bond acceptors (Lipinski definition) is 4. The second-order valence-electron chi connectivity index (χ2n) is 6.67. The van der Waals surface area contributed by atoms with Gasteiger partial charge in [-0.25, -0.2) is 15.1 Å². The minimum absolute atomic E-state index is 0.212. The van der Waals surface area contributed by atoms with Crippen LogP contribution >= 0.6 is 0 Å². The van der Waals surface area contributed by atoms with Crippen LogP contribution in [-0.2, 0) is 0 Å². The number of para-hydroxylation sites is 1. The molecule has 0 radical (unpaired) electrons. The topological polar surface area (TPSA) is 72.2 Å². The lowest BCUT2D eigenvalue weighted by molar-refractivity contribution is 0.0956. The monoisotopic (exact) mass is 347 g/mol. The maximum atomic E-state index is 12.8. The van der Waals surface area contributed by atoms with Crippen molar-refractivity contribution in [1.82, 2.24) is 20.2 Å². The first-order valence-corrected chi connectivity index (χ1v) is 8.91. The Morgan fingerprint density at radius 1 is 1.15 bits per heavy atom. The van der Waals surface area contributed by atoms with E-state index in [0.717, 1.165) is 53.9 Å². The molecule has 1 saturated carbocycles. The summed E-state index contributed by atoms with van der Waals surface area (Å²) in [6, 6.07) is 11.6. The van der Waals surface area contributed by atoms with Crippen LogP contribution < -0.4 is 5.43 Å². The van der Waals surface area contributed by atoms with Gasteiger partial charge in [-0.1, -0.05) is 18.2 Å². The molecule has 6 nitrogen and oxygen atoms in total. The van der Waals surface area contributed by atoms with Crippen molar-refractivity contribution >= 4 is 22.7 Å². The number of nitrogens with zero attached hydrogens (tertiary/aromatic N) is 4. The molecular weight excluding hydrogens is 326 g/mol. The number of fused-ring (bicyclic) bond motifs is 1. The molecule has 3 aromatic rings. The molecule has 1 N–H and O–H groups in total. The summed E-state index contributed by atoms with van der Waals surface area (Å²) >= 11 is 0. The van der Waals surface area contributed by atoms with Gasteiger partial charge in [0, 0.05) is 11.4 Å². The molecule has 0 bridgehead atoms. The highest BCUT2D eigenvalue weighted by atomic mass is 16.2. The van der Waals surface area contributed by atoms with E-state index in [2.05, 4.69) is 20.6 Å². The van der Waals surface area contributed by atoms with Gasteiger partial charge in [0.1, 0.15) is 0 Å². The average Bonchev–Trinajstić information content (AvgIpc) is 3.28. The third kappa shape index (κ3) is 2.98. The van der Waals surface area contributed by atoms with Crippen LogP contribution in [-0.4, -0.2) is 26.4 Å². The van der Waals surface area contributed by atoms with Crippen LogP contribution in [0.25, 0.3) is 16.7 Å². The standard InChI is InChI=1S/C20H21N5O/c1-13-12-17(20(26)23-22-15-8-6-7-9-15)18-14(2)24-25(19(18)21-13)16-10-4-3-5-11-16/h3-5,10-12H,6-9H2,1-2H3,(H,23,26). The van der Waals surface area contributed by atoms with E-state index < -0.39 is 0 Å². The lowest BCUT2D eigenvalue weighted by atomic mass is 10.1. The number of pyridine rings is 1. The highest BCUT2D eigenvalue weighted by Crippen LogP contribution is 2.25.